The first-order valence-corrected chi connectivity index (χ1v) is 8.16. The Morgan fingerprint density at radius 1 is 1.10 bits per heavy atom. The van der Waals surface area contributed by atoms with Gasteiger partial charge in [-0.1, -0.05) is 12.1 Å². The Morgan fingerprint density at radius 2 is 1.72 bits per heavy atom. The second-order valence-corrected chi connectivity index (χ2v) is 6.13. The zero-order chi connectivity index (χ0) is 21.8. The standard InChI is InChI=1S/C18H17F5N2O4/c1-24(9-11-3-5-13(6-4-11)18(21,22)23)10-12-7-15(28-2)16(29-17(19)20)8-14(12)25(26)27/h3-8,17H,9-10H2,1-2H3. The summed E-state index contributed by atoms with van der Waals surface area (Å²) in [5.74, 6) is -0.572. The van der Waals surface area contributed by atoms with Gasteiger partial charge < -0.3 is 9.47 Å². The Kier molecular flexibility index (Phi) is 6.96. The molecule has 29 heavy (non-hydrogen) atoms. The lowest BCUT2D eigenvalue weighted by Gasteiger charge is -2.18. The Labute approximate surface area is 162 Å². The summed E-state index contributed by atoms with van der Waals surface area (Å²) in [7, 11) is 2.81. The number of nitro groups is 1. The second kappa shape index (κ2) is 9.03. The van der Waals surface area contributed by atoms with Gasteiger partial charge in [0.05, 0.1) is 23.7 Å². The number of rotatable bonds is 8. The lowest BCUT2D eigenvalue weighted by molar-refractivity contribution is -0.385. The molecule has 0 radical (unpaired) electrons. The average molecular weight is 420 g/mol. The highest BCUT2D eigenvalue weighted by atomic mass is 19.4. The number of nitrogens with zero attached hydrogens (tertiary/aromatic N) is 2. The summed E-state index contributed by atoms with van der Waals surface area (Å²) >= 11 is 0. The van der Waals surface area contributed by atoms with Gasteiger partial charge in [0.2, 0.25) is 0 Å². The SMILES string of the molecule is COc1cc(CN(C)Cc2ccc(C(F)(F)F)cc2)c([N+](=O)[O-])cc1OC(F)F. The molecule has 0 N–H and O–H groups in total. The van der Waals surface area contributed by atoms with Gasteiger partial charge in [-0.15, -0.1) is 0 Å². The molecule has 0 aliphatic heterocycles. The minimum atomic E-state index is -4.44. The lowest BCUT2D eigenvalue weighted by Crippen LogP contribution is -2.18. The third-order valence-electron chi connectivity index (χ3n) is 3.95. The predicted octanol–water partition coefficient (Wildman–Crippen LogP) is 4.86. The number of alkyl halides is 5. The molecule has 158 valence electrons. The van der Waals surface area contributed by atoms with Gasteiger partial charge in [-0.05, 0) is 30.8 Å². The van der Waals surface area contributed by atoms with Gasteiger partial charge in [-0.3, -0.25) is 15.0 Å². The van der Waals surface area contributed by atoms with Crippen molar-refractivity contribution in [1.82, 2.24) is 4.90 Å². The lowest BCUT2D eigenvalue weighted by atomic mass is 10.1. The van der Waals surface area contributed by atoms with E-state index in [0.29, 0.717) is 5.56 Å². The van der Waals surface area contributed by atoms with E-state index in [2.05, 4.69) is 4.74 Å². The molecule has 2 rings (SSSR count). The highest BCUT2D eigenvalue weighted by molar-refractivity contribution is 5.54. The van der Waals surface area contributed by atoms with Crippen molar-refractivity contribution in [3.63, 3.8) is 0 Å². The predicted molar refractivity (Wildman–Crippen MR) is 92.9 cm³/mol. The van der Waals surface area contributed by atoms with E-state index >= 15 is 0 Å². The Morgan fingerprint density at radius 3 is 2.21 bits per heavy atom. The van der Waals surface area contributed by atoms with Crippen LogP contribution in [0.15, 0.2) is 36.4 Å². The fraction of sp³-hybridized carbons (Fsp3) is 0.333. The molecule has 11 heteroatoms. The molecule has 0 bridgehead atoms. The smallest absolute Gasteiger partial charge is 0.416 e. The maximum atomic E-state index is 12.6. The van der Waals surface area contributed by atoms with Crippen LogP contribution in [0.4, 0.5) is 27.6 Å². The summed E-state index contributed by atoms with van der Waals surface area (Å²) in [6.45, 7) is -2.97. The van der Waals surface area contributed by atoms with Crippen LogP contribution in [0.3, 0.4) is 0 Å². The number of methoxy groups -OCH3 is 1. The molecular formula is C18H17F5N2O4. The van der Waals surface area contributed by atoms with Crippen LogP contribution in [0.1, 0.15) is 16.7 Å². The van der Waals surface area contributed by atoms with Crippen molar-refractivity contribution in [3.8, 4) is 11.5 Å². The molecule has 0 saturated carbocycles. The molecular weight excluding hydrogens is 403 g/mol. The number of hydrogen-bond acceptors (Lipinski definition) is 5. The summed E-state index contributed by atoms with van der Waals surface area (Å²) in [6, 6.07) is 6.60. The highest BCUT2D eigenvalue weighted by Gasteiger charge is 2.30. The minimum absolute atomic E-state index is 0.0165. The van der Waals surface area contributed by atoms with Gasteiger partial charge in [0.25, 0.3) is 5.69 Å². The molecule has 0 aromatic heterocycles. The zero-order valence-corrected chi connectivity index (χ0v) is 15.4. The molecule has 2 aromatic carbocycles. The first-order valence-electron chi connectivity index (χ1n) is 8.16. The van der Waals surface area contributed by atoms with Gasteiger partial charge in [0.1, 0.15) is 0 Å². The molecule has 2 aromatic rings. The Bertz CT molecular complexity index is 857. The van der Waals surface area contributed by atoms with Crippen LogP contribution in [0.25, 0.3) is 0 Å². The maximum absolute atomic E-state index is 12.6. The second-order valence-electron chi connectivity index (χ2n) is 6.13. The van der Waals surface area contributed by atoms with Crippen molar-refractivity contribution in [2.45, 2.75) is 25.9 Å². The quantitative estimate of drug-likeness (QED) is 0.347. The molecule has 0 saturated heterocycles. The van der Waals surface area contributed by atoms with Crippen molar-refractivity contribution >= 4 is 5.69 Å². The van der Waals surface area contributed by atoms with Crippen molar-refractivity contribution in [3.05, 3.63) is 63.2 Å². The van der Waals surface area contributed by atoms with Crippen LogP contribution in [0.2, 0.25) is 0 Å². The monoisotopic (exact) mass is 420 g/mol. The molecule has 6 nitrogen and oxygen atoms in total. The molecule has 0 atom stereocenters. The van der Waals surface area contributed by atoms with Crippen LogP contribution in [0.5, 0.6) is 11.5 Å². The van der Waals surface area contributed by atoms with Crippen LogP contribution in [-0.2, 0) is 19.3 Å². The summed E-state index contributed by atoms with van der Waals surface area (Å²) in [5, 5.41) is 11.3. The number of benzene rings is 2. The highest BCUT2D eigenvalue weighted by Crippen LogP contribution is 2.36. The van der Waals surface area contributed by atoms with Crippen LogP contribution in [-0.4, -0.2) is 30.6 Å². The first kappa shape index (κ1) is 22.3. The maximum Gasteiger partial charge on any atom is 0.416 e. The molecule has 0 spiro atoms. The molecule has 0 amide bonds. The largest absolute Gasteiger partial charge is 0.493 e. The number of nitro benzene ring substituents is 1. The zero-order valence-electron chi connectivity index (χ0n) is 15.4. The van der Waals surface area contributed by atoms with Crippen molar-refractivity contribution in [2.24, 2.45) is 0 Å². The van der Waals surface area contributed by atoms with Gasteiger partial charge >= 0.3 is 12.8 Å². The summed E-state index contributed by atoms with van der Waals surface area (Å²) < 4.78 is 72.1. The summed E-state index contributed by atoms with van der Waals surface area (Å²) in [5.41, 5.74) is -0.490. The molecule has 0 heterocycles. The minimum Gasteiger partial charge on any atom is -0.493 e. The van der Waals surface area contributed by atoms with Crippen LogP contribution >= 0.6 is 0 Å². The summed E-state index contributed by atoms with van der Waals surface area (Å²) in [6.07, 6.45) is -4.44. The molecule has 0 unspecified atom stereocenters. The third-order valence-corrected chi connectivity index (χ3v) is 3.95. The van der Waals surface area contributed by atoms with E-state index in [4.69, 9.17) is 4.74 Å². The van der Waals surface area contributed by atoms with Crippen molar-refractivity contribution < 1.29 is 36.3 Å². The first-order chi connectivity index (χ1) is 13.5. The number of ether oxygens (including phenoxy) is 2. The number of halogens is 5. The molecule has 0 aliphatic rings. The summed E-state index contributed by atoms with van der Waals surface area (Å²) in [4.78, 5) is 12.2. The van der Waals surface area contributed by atoms with Gasteiger partial charge in [0.15, 0.2) is 11.5 Å². The van der Waals surface area contributed by atoms with E-state index in [9.17, 15) is 32.1 Å². The van der Waals surface area contributed by atoms with Crippen molar-refractivity contribution in [1.29, 1.82) is 0 Å². The number of hydrogen-bond donors (Lipinski definition) is 0. The Balaban J connectivity index is 2.22. The van der Waals surface area contributed by atoms with E-state index in [1.54, 1.807) is 11.9 Å². The average Bonchev–Trinajstić information content (AvgIpc) is 2.61. The van der Waals surface area contributed by atoms with Crippen molar-refractivity contribution in [2.75, 3.05) is 14.2 Å². The normalized spacial score (nSPS) is 11.8. The third kappa shape index (κ3) is 6.01. The van der Waals surface area contributed by atoms with Crippen LogP contribution in [0, 0.1) is 10.1 Å². The topological polar surface area (TPSA) is 64.8 Å². The Hall–Kier alpha value is -2.95. The van der Waals surface area contributed by atoms with E-state index in [1.807, 2.05) is 0 Å². The fourth-order valence-electron chi connectivity index (χ4n) is 2.69. The van der Waals surface area contributed by atoms with Gasteiger partial charge in [-0.25, -0.2) is 0 Å². The van der Waals surface area contributed by atoms with Gasteiger partial charge in [0, 0.05) is 18.7 Å². The van der Waals surface area contributed by atoms with E-state index < -0.39 is 34.7 Å². The van der Waals surface area contributed by atoms with Crippen LogP contribution < -0.4 is 9.47 Å². The molecule has 0 fully saturated rings. The van der Waals surface area contributed by atoms with Gasteiger partial charge in [-0.2, -0.15) is 22.0 Å². The molecule has 0 aliphatic carbocycles. The van der Waals surface area contributed by atoms with E-state index in [-0.39, 0.29) is 24.4 Å². The van der Waals surface area contributed by atoms with E-state index in [0.717, 1.165) is 18.2 Å². The fourth-order valence-corrected chi connectivity index (χ4v) is 2.69. The van der Waals surface area contributed by atoms with E-state index in [1.165, 1.54) is 25.3 Å².